The third kappa shape index (κ3) is 18.5. The minimum atomic E-state index is -0.179. The maximum absolute atomic E-state index is 12.3. The van der Waals surface area contributed by atoms with Gasteiger partial charge >= 0.3 is 0 Å². The first-order chi connectivity index (χ1) is 17.8. The third-order valence-electron chi connectivity index (χ3n) is 5.03. The van der Waals surface area contributed by atoms with Crippen LogP contribution in [-0.2, 0) is 14.3 Å². The molecule has 0 aliphatic carbocycles. The number of nitrogens with two attached hydrogens (primary N) is 1. The molecule has 207 valence electrons. The molecule has 37 heavy (non-hydrogen) atoms. The van der Waals surface area contributed by atoms with Gasteiger partial charge in [-0.05, 0) is 31.0 Å². The molecule has 0 saturated carbocycles. The van der Waals surface area contributed by atoms with Crippen molar-refractivity contribution in [3.05, 3.63) is 41.9 Å². The molecule has 1 unspecified atom stereocenters. The lowest BCUT2D eigenvalue weighted by Crippen LogP contribution is -2.34. The van der Waals surface area contributed by atoms with Crippen molar-refractivity contribution in [3.8, 4) is 5.75 Å². The van der Waals surface area contributed by atoms with Crippen LogP contribution in [0.15, 0.2) is 36.3 Å². The van der Waals surface area contributed by atoms with E-state index in [1.807, 2.05) is 12.1 Å². The number of ether oxygens (including phenoxy) is 3. The lowest BCUT2D eigenvalue weighted by Gasteiger charge is -2.14. The minimum absolute atomic E-state index is 0.0113. The first-order valence-corrected chi connectivity index (χ1v) is 13.2. The molecular formula is C27H46BN4O5. The Balaban J connectivity index is 2.09. The van der Waals surface area contributed by atoms with E-state index in [0.717, 1.165) is 0 Å². The molecule has 0 saturated heterocycles. The molecule has 1 aromatic rings. The first-order valence-electron chi connectivity index (χ1n) is 13.2. The fourth-order valence-electron chi connectivity index (χ4n) is 3.09. The van der Waals surface area contributed by atoms with Gasteiger partial charge in [0.15, 0.2) is 0 Å². The second-order valence-electron chi connectivity index (χ2n) is 9.45. The Bertz CT molecular complexity index is 792. The number of carbonyl (C=O) groups excluding carboxylic acids is 2. The summed E-state index contributed by atoms with van der Waals surface area (Å²) in [4.78, 5) is 24.1. The molecule has 1 radical (unpaired) electrons. The Kier molecular flexibility index (Phi) is 18.2. The highest BCUT2D eigenvalue weighted by Gasteiger charge is 2.09. The molecule has 0 bridgehead atoms. The van der Waals surface area contributed by atoms with Crippen molar-refractivity contribution < 1.29 is 23.8 Å². The average Bonchev–Trinajstić information content (AvgIpc) is 2.86. The van der Waals surface area contributed by atoms with Crippen molar-refractivity contribution in [2.24, 2.45) is 5.73 Å². The summed E-state index contributed by atoms with van der Waals surface area (Å²) in [5.41, 5.74) is 6.69. The Hall–Kier alpha value is -2.40. The van der Waals surface area contributed by atoms with Gasteiger partial charge in [0.25, 0.3) is 5.91 Å². The van der Waals surface area contributed by atoms with Gasteiger partial charge < -0.3 is 35.9 Å². The van der Waals surface area contributed by atoms with E-state index in [9.17, 15) is 9.59 Å². The number of carbonyl (C=O) groups is 2. The van der Waals surface area contributed by atoms with E-state index >= 15 is 0 Å². The molecule has 1 atom stereocenters. The van der Waals surface area contributed by atoms with Gasteiger partial charge in [0.1, 0.15) is 26.2 Å². The molecule has 0 aliphatic heterocycles. The van der Waals surface area contributed by atoms with Crippen LogP contribution in [0.2, 0.25) is 5.82 Å². The lowest BCUT2D eigenvalue weighted by molar-refractivity contribution is -0.125. The summed E-state index contributed by atoms with van der Waals surface area (Å²) in [6, 6.07) is 7.26. The summed E-state index contributed by atoms with van der Waals surface area (Å²) in [5, 5.41) is 8.91. The smallest absolute Gasteiger partial charge is 0.251 e. The van der Waals surface area contributed by atoms with E-state index in [2.05, 4.69) is 50.9 Å². The number of rotatable bonds is 21. The van der Waals surface area contributed by atoms with Crippen molar-refractivity contribution in [1.29, 1.82) is 0 Å². The van der Waals surface area contributed by atoms with Gasteiger partial charge in [-0.15, -0.1) is 5.98 Å². The Labute approximate surface area is 223 Å². The van der Waals surface area contributed by atoms with Gasteiger partial charge in [-0.2, -0.15) is 0 Å². The number of benzene rings is 1. The lowest BCUT2D eigenvalue weighted by atomic mass is 9.66. The van der Waals surface area contributed by atoms with Crippen molar-refractivity contribution in [2.75, 3.05) is 52.7 Å². The number of nitrogens with one attached hydrogen (secondary N) is 3. The summed E-state index contributed by atoms with van der Waals surface area (Å²) in [6.45, 7) is 11.8. The van der Waals surface area contributed by atoms with Gasteiger partial charge in [0.05, 0.1) is 13.2 Å². The molecule has 0 aromatic heterocycles. The molecule has 5 N–H and O–H groups in total. The summed E-state index contributed by atoms with van der Waals surface area (Å²) < 4.78 is 16.6. The second-order valence-corrected chi connectivity index (χ2v) is 9.45. The monoisotopic (exact) mass is 517 g/mol. The van der Waals surface area contributed by atoms with E-state index in [-0.39, 0.29) is 24.5 Å². The average molecular weight is 518 g/mol. The summed E-state index contributed by atoms with van der Waals surface area (Å²) in [5.74, 6) is 2.81. The Morgan fingerprint density at radius 2 is 1.86 bits per heavy atom. The van der Waals surface area contributed by atoms with Crippen LogP contribution in [0.3, 0.4) is 0 Å². The van der Waals surface area contributed by atoms with Gasteiger partial charge in [-0.25, -0.2) is 0 Å². The maximum Gasteiger partial charge on any atom is 0.251 e. The van der Waals surface area contributed by atoms with Crippen LogP contribution in [0.5, 0.6) is 5.75 Å². The highest BCUT2D eigenvalue weighted by molar-refractivity contribution is 6.43. The predicted octanol–water partition coefficient (Wildman–Crippen LogP) is 2.10. The van der Waals surface area contributed by atoms with Gasteiger partial charge in [-0.3, -0.25) is 9.59 Å². The van der Waals surface area contributed by atoms with Crippen LogP contribution in [-0.4, -0.2) is 83.8 Å². The minimum Gasteiger partial charge on any atom is -0.492 e. The van der Waals surface area contributed by atoms with E-state index < -0.39 is 0 Å². The largest absolute Gasteiger partial charge is 0.492 e. The van der Waals surface area contributed by atoms with Gasteiger partial charge in [0, 0.05) is 43.9 Å². The molecule has 0 fully saturated rings. The molecular weight excluding hydrogens is 471 g/mol. The van der Waals surface area contributed by atoms with Crippen LogP contribution in [0, 0.1) is 0 Å². The fourth-order valence-corrected chi connectivity index (χ4v) is 3.09. The first kappa shape index (κ1) is 32.6. The zero-order valence-corrected chi connectivity index (χ0v) is 23.0. The van der Waals surface area contributed by atoms with Crippen molar-refractivity contribution in [2.45, 2.75) is 58.4 Å². The molecule has 9 nitrogen and oxygen atoms in total. The second kappa shape index (κ2) is 20.6. The highest BCUT2D eigenvalue weighted by Crippen LogP contribution is 2.14. The van der Waals surface area contributed by atoms with E-state index in [1.165, 1.54) is 0 Å². The predicted molar refractivity (Wildman–Crippen MR) is 149 cm³/mol. The molecule has 1 rings (SSSR count). The molecule has 0 aliphatic rings. The van der Waals surface area contributed by atoms with Crippen LogP contribution in [0.1, 0.15) is 50.9 Å². The molecule has 0 spiro atoms. The van der Waals surface area contributed by atoms with Crippen LogP contribution < -0.4 is 26.4 Å². The molecule has 0 heterocycles. The summed E-state index contributed by atoms with van der Waals surface area (Å²) >= 11 is 0. The molecule has 1 aromatic carbocycles. The molecule has 2 amide bonds. The topological polar surface area (TPSA) is 124 Å². The Morgan fingerprint density at radius 1 is 1.05 bits per heavy atom. The van der Waals surface area contributed by atoms with E-state index in [0.29, 0.717) is 82.1 Å². The fraction of sp³-hybridized carbons (Fsp3) is 0.630. The van der Waals surface area contributed by atoms with Crippen LogP contribution in [0.4, 0.5) is 0 Å². The standard InChI is InChI=1S/C27H46BN4O5/c1-21(2)28-11-7-16-35-17-14-31-26(33)20-36-15-6-9-24(29)19-37-25-10-5-8-23(18-25)27(34)32-13-12-30-22(3)4/h5,7-8,10-11,18,21-22,24,30H,6,9,12-17,19-20,29H2,1-4H3,(H,31,33)(H,32,34)/b11-7+. The third-order valence-corrected chi connectivity index (χ3v) is 5.03. The summed E-state index contributed by atoms with van der Waals surface area (Å²) in [6.07, 6.45) is 3.36. The van der Waals surface area contributed by atoms with Crippen molar-refractivity contribution in [3.63, 3.8) is 0 Å². The zero-order chi connectivity index (χ0) is 27.3. The van der Waals surface area contributed by atoms with E-state index in [4.69, 9.17) is 19.9 Å². The SMILES string of the molecule is CC(C)[B]/C=C/COCCNC(=O)COCCCC(N)COc1cccc(C(=O)NCCNC(C)C)c1. The molecule has 10 heteroatoms. The van der Waals surface area contributed by atoms with E-state index in [1.54, 1.807) is 24.3 Å². The normalized spacial score (nSPS) is 12.2. The summed E-state index contributed by atoms with van der Waals surface area (Å²) in [7, 11) is 2.10. The van der Waals surface area contributed by atoms with Gasteiger partial charge in [-0.1, -0.05) is 45.7 Å². The van der Waals surface area contributed by atoms with Gasteiger partial charge in [0.2, 0.25) is 5.91 Å². The Morgan fingerprint density at radius 3 is 2.62 bits per heavy atom. The van der Waals surface area contributed by atoms with Crippen LogP contribution in [0.25, 0.3) is 0 Å². The van der Waals surface area contributed by atoms with Crippen molar-refractivity contribution in [1.82, 2.24) is 16.0 Å². The van der Waals surface area contributed by atoms with Crippen molar-refractivity contribution >= 4 is 19.1 Å². The van der Waals surface area contributed by atoms with Crippen LogP contribution >= 0.6 is 0 Å². The number of hydrogen-bond acceptors (Lipinski definition) is 7. The maximum atomic E-state index is 12.3. The highest BCUT2D eigenvalue weighted by atomic mass is 16.5. The zero-order valence-electron chi connectivity index (χ0n) is 23.0. The number of amides is 2. The number of hydrogen-bond donors (Lipinski definition) is 4. The quantitative estimate of drug-likeness (QED) is 0.145.